The molecule has 0 saturated carbocycles. The summed E-state index contributed by atoms with van der Waals surface area (Å²) in [7, 11) is 0. The molecule has 0 saturated heterocycles. The topological polar surface area (TPSA) is 56.1 Å². The van der Waals surface area contributed by atoms with Crippen LogP contribution >= 0.6 is 0 Å². The molecule has 31 heavy (non-hydrogen) atoms. The Hall–Kier alpha value is -2.26. The average Bonchev–Trinajstić information content (AvgIpc) is 3.30. The van der Waals surface area contributed by atoms with Crippen molar-refractivity contribution in [3.63, 3.8) is 0 Å². The fraction of sp³-hybridized carbons (Fsp3) is 0.400. The molecule has 162 valence electrons. The Kier molecular flexibility index (Phi) is 6.71. The average molecular weight is 587 g/mol. The number of fused-ring (bicyclic) bond motifs is 3. The summed E-state index contributed by atoms with van der Waals surface area (Å²) in [5.41, 5.74) is 2.84. The molecule has 1 amide bonds. The molecule has 0 spiro atoms. The van der Waals surface area contributed by atoms with E-state index in [9.17, 15) is 4.79 Å². The molecule has 5 nitrogen and oxygen atoms in total. The number of carbonyl (C=O) groups is 1. The molecule has 2 aliphatic rings. The number of hydrogen-bond acceptors (Lipinski definition) is 3. The van der Waals surface area contributed by atoms with Gasteiger partial charge < -0.3 is 0 Å². The van der Waals surface area contributed by atoms with Gasteiger partial charge in [-0.1, -0.05) is 0 Å². The number of benzene rings is 1. The normalized spacial score (nSPS) is 19.0. The van der Waals surface area contributed by atoms with Gasteiger partial charge in [-0.05, 0) is 13.8 Å². The minimum atomic E-state index is -0.213. The van der Waals surface area contributed by atoms with Gasteiger partial charge >= 0.3 is 181 Å². The molecule has 1 N–H and O–H groups in total. The van der Waals surface area contributed by atoms with Crippen LogP contribution < -0.4 is 10.1 Å². The van der Waals surface area contributed by atoms with Crippen molar-refractivity contribution in [3.05, 3.63) is 71.5 Å². The third-order valence-electron chi connectivity index (χ3n) is 5.73. The predicted octanol–water partition coefficient (Wildman–Crippen LogP) is 4.28. The molecule has 0 bridgehead atoms. The van der Waals surface area contributed by atoms with Crippen molar-refractivity contribution in [1.29, 1.82) is 0 Å². The summed E-state index contributed by atoms with van der Waals surface area (Å²) in [4.78, 5) is 17.5. The molecule has 0 unspecified atom stereocenters. The Balaban J connectivity index is 1.57. The Morgan fingerprint density at radius 2 is 1.97 bits per heavy atom. The molecule has 1 aromatic carbocycles. The first-order valence-corrected chi connectivity index (χ1v) is 12.4. The molecule has 2 aromatic rings. The molecule has 6 heteroatoms. The number of hydrogen-bond donors (Lipinski definition) is 1. The van der Waals surface area contributed by atoms with E-state index in [2.05, 4.69) is 47.1 Å². The van der Waals surface area contributed by atoms with Crippen molar-refractivity contribution in [2.75, 3.05) is 0 Å². The Labute approximate surface area is 195 Å². The molecular formula is C25H29N3O2W. The third kappa shape index (κ3) is 5.33. The number of aryl methyl sites for hydroxylation is 2. The van der Waals surface area contributed by atoms with Crippen molar-refractivity contribution in [2.45, 2.75) is 64.5 Å². The van der Waals surface area contributed by atoms with Crippen LogP contribution in [0, 0.1) is 0 Å². The second-order valence-electron chi connectivity index (χ2n) is 8.82. The first kappa shape index (κ1) is 22.0. The van der Waals surface area contributed by atoms with Crippen LogP contribution in [-0.2, 0) is 38.7 Å². The summed E-state index contributed by atoms with van der Waals surface area (Å²) in [6, 6.07) is 4.13. The zero-order valence-electron chi connectivity index (χ0n) is 18.2. The van der Waals surface area contributed by atoms with Crippen LogP contribution in [-0.4, -0.2) is 25.0 Å². The molecule has 0 radical (unpaired) electrons. The molecule has 2 aliphatic heterocycles. The monoisotopic (exact) mass is 587 g/mol. The van der Waals surface area contributed by atoms with E-state index >= 15 is 0 Å². The first-order valence-electron chi connectivity index (χ1n) is 11.0. The van der Waals surface area contributed by atoms with Crippen molar-refractivity contribution < 1.29 is 28.9 Å². The maximum atomic E-state index is 13.0. The number of ether oxygens (including phenoxy) is 1. The van der Waals surface area contributed by atoms with Crippen LogP contribution in [0.4, 0.5) is 0 Å². The van der Waals surface area contributed by atoms with E-state index in [1.165, 1.54) is 35.2 Å². The van der Waals surface area contributed by atoms with Crippen molar-refractivity contribution in [1.82, 2.24) is 14.9 Å². The summed E-state index contributed by atoms with van der Waals surface area (Å²) in [5.74, 6) is 1.80. The molecular weight excluding hydrogens is 558 g/mol. The second-order valence-corrected chi connectivity index (χ2v) is 10.4. The predicted molar refractivity (Wildman–Crippen MR) is 119 cm³/mol. The van der Waals surface area contributed by atoms with Gasteiger partial charge in [0.05, 0.1) is 0 Å². The molecule has 4 rings (SSSR count). The van der Waals surface area contributed by atoms with E-state index < -0.39 is 0 Å². The Bertz CT molecular complexity index is 1050. The fourth-order valence-electron chi connectivity index (χ4n) is 4.26. The van der Waals surface area contributed by atoms with E-state index in [1.807, 2.05) is 24.4 Å². The number of carbonyl (C=O) groups excluding carboxylic acids is 1. The van der Waals surface area contributed by atoms with Crippen LogP contribution in [0.15, 0.2) is 49.0 Å². The number of nitrogens with one attached hydrogen (secondary N) is 1. The van der Waals surface area contributed by atoms with Crippen LogP contribution in [0.1, 0.15) is 66.8 Å². The number of nitrogens with zero attached hydrogens (tertiary/aromatic N) is 2. The van der Waals surface area contributed by atoms with Crippen molar-refractivity contribution in [3.8, 4) is 5.75 Å². The first-order chi connectivity index (χ1) is 14.9. The van der Waals surface area contributed by atoms with E-state index in [1.54, 1.807) is 6.20 Å². The standard InChI is InChI=1S/C25H29N3O2.W/c1-25(2)18-20-16-19-10-6-3-4-9-14-28-15-13-26-23(28)11-7-5-8-12-27-24(29)21(19)17-22(20)30-25;/h5,7-8,12-13,15-17H,3-4,6,9-10,14,18H2,1-2H3,(H,27,29);. The van der Waals surface area contributed by atoms with Gasteiger partial charge in [0, 0.05) is 0 Å². The van der Waals surface area contributed by atoms with Gasteiger partial charge in [-0.25, -0.2) is 0 Å². The fourth-order valence-corrected chi connectivity index (χ4v) is 5.15. The summed E-state index contributed by atoms with van der Waals surface area (Å²) < 4.78 is 9.51. The van der Waals surface area contributed by atoms with Gasteiger partial charge in [-0.15, -0.1) is 0 Å². The Morgan fingerprint density at radius 1 is 1.13 bits per heavy atom. The number of allylic oxidation sites excluding steroid dienone is 3. The quantitative estimate of drug-likeness (QED) is 0.501. The number of rotatable bonds is 0. The van der Waals surface area contributed by atoms with Crippen molar-refractivity contribution >= 4 is 9.81 Å². The number of aromatic nitrogens is 2. The Morgan fingerprint density at radius 3 is 2.84 bits per heavy atom. The third-order valence-corrected chi connectivity index (χ3v) is 6.88. The molecule has 1 aromatic heterocycles. The minimum absolute atomic E-state index is 0.0815. The SMILES string of the molecule is CC1(C)Cc2cc3c(cc2O1)C(=O)NC=CC=C[C](=[W])c1nccn1CCCCCC3. The summed E-state index contributed by atoms with van der Waals surface area (Å²) in [6.07, 6.45) is 17.8. The molecule has 0 atom stereocenters. The van der Waals surface area contributed by atoms with E-state index in [0.717, 1.165) is 61.3 Å². The summed E-state index contributed by atoms with van der Waals surface area (Å²) in [6.45, 7) is 5.18. The zero-order chi connectivity index (χ0) is 21.8. The van der Waals surface area contributed by atoms with Gasteiger partial charge in [0.25, 0.3) is 0 Å². The van der Waals surface area contributed by atoms with Gasteiger partial charge in [-0.2, -0.15) is 0 Å². The molecule has 0 aliphatic carbocycles. The summed E-state index contributed by atoms with van der Waals surface area (Å²) in [5, 5.41) is 2.92. The van der Waals surface area contributed by atoms with Crippen LogP contribution in [0.25, 0.3) is 0 Å². The van der Waals surface area contributed by atoms with Gasteiger partial charge in [0.1, 0.15) is 0 Å². The number of imidazole rings is 1. The van der Waals surface area contributed by atoms with Crippen LogP contribution in [0.2, 0.25) is 0 Å². The van der Waals surface area contributed by atoms with Gasteiger partial charge in [-0.3, -0.25) is 0 Å². The second kappa shape index (κ2) is 9.48. The zero-order valence-corrected chi connectivity index (χ0v) is 21.1. The summed E-state index contributed by atoms with van der Waals surface area (Å²) >= 11 is 1.37. The van der Waals surface area contributed by atoms with Crippen LogP contribution in [0.5, 0.6) is 5.75 Å². The maximum absolute atomic E-state index is 13.0. The number of amides is 1. The van der Waals surface area contributed by atoms with Crippen LogP contribution in [0.3, 0.4) is 0 Å². The van der Waals surface area contributed by atoms with E-state index in [4.69, 9.17) is 4.74 Å². The molecule has 0 fully saturated rings. The van der Waals surface area contributed by atoms with E-state index in [0.29, 0.717) is 0 Å². The van der Waals surface area contributed by atoms with Crippen molar-refractivity contribution in [2.24, 2.45) is 0 Å². The van der Waals surface area contributed by atoms with Gasteiger partial charge in [0.15, 0.2) is 0 Å². The van der Waals surface area contributed by atoms with Gasteiger partial charge in [0.2, 0.25) is 0 Å². The molecule has 3 heterocycles. The van der Waals surface area contributed by atoms with E-state index in [-0.39, 0.29) is 11.5 Å².